The molecule has 2 aliphatic rings. The maximum Gasteiger partial charge on any atom is 0.267 e. The number of aliphatic imine (C=N–C) groups is 1. The third-order valence-electron chi connectivity index (χ3n) is 6.18. The van der Waals surface area contributed by atoms with Crippen molar-refractivity contribution >= 4 is 45.4 Å². The maximum atomic E-state index is 13.6. The second-order valence-corrected chi connectivity index (χ2v) is 9.22. The lowest BCUT2D eigenvalue weighted by atomic mass is 9.94. The minimum Gasteiger partial charge on any atom is -0.496 e. The molecular formula is C27H26N2O2S. The number of para-hydroxylation sites is 1. The molecule has 0 atom stereocenters. The molecule has 4 nitrogen and oxygen atoms in total. The van der Waals surface area contributed by atoms with Crippen LogP contribution in [-0.4, -0.2) is 29.1 Å². The summed E-state index contributed by atoms with van der Waals surface area (Å²) in [4.78, 5) is 21.1. The van der Waals surface area contributed by atoms with Gasteiger partial charge >= 0.3 is 0 Å². The van der Waals surface area contributed by atoms with Crippen molar-refractivity contribution in [2.75, 3.05) is 7.11 Å². The molecule has 5 rings (SSSR count). The number of amides is 1. The van der Waals surface area contributed by atoms with Crippen molar-refractivity contribution in [3.8, 4) is 5.75 Å². The van der Waals surface area contributed by atoms with Gasteiger partial charge in [0, 0.05) is 11.4 Å². The van der Waals surface area contributed by atoms with Gasteiger partial charge in [0.25, 0.3) is 5.91 Å². The Morgan fingerprint density at radius 2 is 1.66 bits per heavy atom. The molecule has 2 fully saturated rings. The minimum atomic E-state index is 0.0662. The summed E-state index contributed by atoms with van der Waals surface area (Å²) in [5.74, 6) is 0.903. The molecule has 3 aromatic rings. The van der Waals surface area contributed by atoms with Crippen molar-refractivity contribution in [2.45, 2.75) is 38.1 Å². The first-order chi connectivity index (χ1) is 15.7. The third-order valence-corrected chi connectivity index (χ3v) is 7.16. The molecular weight excluding hydrogens is 416 g/mol. The number of nitrogens with zero attached hydrogens (tertiary/aromatic N) is 2. The fourth-order valence-electron chi connectivity index (χ4n) is 4.58. The van der Waals surface area contributed by atoms with Gasteiger partial charge in [0.05, 0.1) is 17.7 Å². The molecule has 0 N–H and O–H groups in total. The predicted molar refractivity (Wildman–Crippen MR) is 133 cm³/mol. The van der Waals surface area contributed by atoms with Gasteiger partial charge in [-0.25, -0.2) is 4.99 Å². The van der Waals surface area contributed by atoms with E-state index >= 15 is 0 Å². The second kappa shape index (κ2) is 9.21. The molecule has 1 amide bonds. The van der Waals surface area contributed by atoms with E-state index in [1.807, 2.05) is 65.6 Å². The van der Waals surface area contributed by atoms with Gasteiger partial charge in [-0.3, -0.25) is 9.69 Å². The zero-order valence-electron chi connectivity index (χ0n) is 18.2. The summed E-state index contributed by atoms with van der Waals surface area (Å²) in [5, 5.41) is 2.91. The SMILES string of the molecule is COc1ccc(C=C2SC(=Nc3ccccc3)N(C3CCCCC3)C2=O)c2ccccc12. The number of benzene rings is 3. The van der Waals surface area contributed by atoms with Crippen molar-refractivity contribution in [3.63, 3.8) is 0 Å². The van der Waals surface area contributed by atoms with Crippen LogP contribution in [0.5, 0.6) is 5.75 Å². The Bertz CT molecular complexity index is 1200. The van der Waals surface area contributed by atoms with Crippen LogP contribution >= 0.6 is 11.8 Å². The van der Waals surface area contributed by atoms with E-state index in [2.05, 4.69) is 12.1 Å². The Morgan fingerprint density at radius 3 is 2.41 bits per heavy atom. The van der Waals surface area contributed by atoms with E-state index in [0.717, 1.165) is 50.7 Å². The highest BCUT2D eigenvalue weighted by molar-refractivity contribution is 8.18. The van der Waals surface area contributed by atoms with E-state index in [4.69, 9.17) is 9.73 Å². The third kappa shape index (κ3) is 4.05. The highest BCUT2D eigenvalue weighted by Crippen LogP contribution is 2.39. The largest absolute Gasteiger partial charge is 0.496 e. The first-order valence-electron chi connectivity index (χ1n) is 11.2. The highest BCUT2D eigenvalue weighted by atomic mass is 32.2. The fraction of sp³-hybridized carbons (Fsp3) is 0.259. The molecule has 1 aliphatic carbocycles. The summed E-state index contributed by atoms with van der Waals surface area (Å²) >= 11 is 1.48. The fourth-order valence-corrected chi connectivity index (χ4v) is 5.63. The Morgan fingerprint density at radius 1 is 0.938 bits per heavy atom. The van der Waals surface area contributed by atoms with E-state index < -0.39 is 0 Å². The summed E-state index contributed by atoms with van der Waals surface area (Å²) in [6.45, 7) is 0. The summed E-state index contributed by atoms with van der Waals surface area (Å²) in [7, 11) is 1.69. The molecule has 32 heavy (non-hydrogen) atoms. The number of ether oxygens (including phenoxy) is 1. The van der Waals surface area contributed by atoms with Gasteiger partial charge in [-0.2, -0.15) is 0 Å². The Labute approximate surface area is 193 Å². The van der Waals surface area contributed by atoms with Crippen LogP contribution in [0.15, 0.2) is 76.6 Å². The monoisotopic (exact) mass is 442 g/mol. The van der Waals surface area contributed by atoms with Crippen LogP contribution < -0.4 is 4.74 Å². The molecule has 0 aromatic heterocycles. The van der Waals surface area contributed by atoms with E-state index in [1.165, 1.54) is 31.0 Å². The van der Waals surface area contributed by atoms with Crippen LogP contribution in [0, 0.1) is 0 Å². The average molecular weight is 443 g/mol. The zero-order chi connectivity index (χ0) is 21.9. The maximum absolute atomic E-state index is 13.6. The standard InChI is InChI=1S/C27H26N2O2S/c1-31-24-17-16-19(22-14-8-9-15-23(22)24)18-25-26(30)29(21-12-6-3-7-13-21)27(32-25)28-20-10-4-2-5-11-20/h2,4-5,8-11,14-18,21H,3,6-7,12-13H2,1H3. The van der Waals surface area contributed by atoms with Crippen molar-refractivity contribution in [1.29, 1.82) is 0 Å². The Kier molecular flexibility index (Phi) is 5.99. The molecule has 3 aromatic carbocycles. The van der Waals surface area contributed by atoms with Crippen LogP contribution in [0.25, 0.3) is 16.8 Å². The smallest absolute Gasteiger partial charge is 0.267 e. The zero-order valence-corrected chi connectivity index (χ0v) is 19.0. The number of carbonyl (C=O) groups is 1. The molecule has 0 unspecified atom stereocenters. The molecule has 162 valence electrons. The first-order valence-corrected chi connectivity index (χ1v) is 12.0. The highest BCUT2D eigenvalue weighted by Gasteiger charge is 2.38. The summed E-state index contributed by atoms with van der Waals surface area (Å²) in [6, 6.07) is 22.3. The Balaban J connectivity index is 1.57. The number of hydrogen-bond donors (Lipinski definition) is 0. The Hall–Kier alpha value is -3.05. The van der Waals surface area contributed by atoms with Crippen LogP contribution in [0.4, 0.5) is 5.69 Å². The molecule has 1 aliphatic heterocycles. The van der Waals surface area contributed by atoms with Crippen LogP contribution in [0.2, 0.25) is 0 Å². The lowest BCUT2D eigenvalue weighted by Gasteiger charge is -2.30. The molecule has 5 heteroatoms. The lowest BCUT2D eigenvalue weighted by Crippen LogP contribution is -2.40. The van der Waals surface area contributed by atoms with E-state index in [9.17, 15) is 4.79 Å². The molecule has 1 saturated heterocycles. The van der Waals surface area contributed by atoms with Crippen molar-refractivity contribution in [2.24, 2.45) is 4.99 Å². The number of amidine groups is 1. The average Bonchev–Trinajstić information content (AvgIpc) is 3.14. The van der Waals surface area contributed by atoms with Gasteiger partial charge < -0.3 is 4.74 Å². The van der Waals surface area contributed by atoms with E-state index in [0.29, 0.717) is 0 Å². The normalized spacial score (nSPS) is 19.9. The van der Waals surface area contributed by atoms with Gasteiger partial charge in [-0.05, 0) is 59.8 Å². The lowest BCUT2D eigenvalue weighted by molar-refractivity contribution is -0.124. The van der Waals surface area contributed by atoms with E-state index in [-0.39, 0.29) is 11.9 Å². The van der Waals surface area contributed by atoms with Crippen molar-refractivity contribution in [3.05, 3.63) is 77.2 Å². The molecule has 0 radical (unpaired) electrons. The quantitative estimate of drug-likeness (QED) is 0.418. The van der Waals surface area contributed by atoms with Crippen LogP contribution in [-0.2, 0) is 4.79 Å². The molecule has 0 bridgehead atoms. The molecule has 1 saturated carbocycles. The van der Waals surface area contributed by atoms with E-state index in [1.54, 1.807) is 7.11 Å². The van der Waals surface area contributed by atoms with Crippen molar-refractivity contribution < 1.29 is 9.53 Å². The molecule has 1 heterocycles. The van der Waals surface area contributed by atoms with Crippen LogP contribution in [0.1, 0.15) is 37.7 Å². The summed E-state index contributed by atoms with van der Waals surface area (Å²) in [6.07, 6.45) is 7.67. The second-order valence-electron chi connectivity index (χ2n) is 8.21. The summed E-state index contributed by atoms with van der Waals surface area (Å²) in [5.41, 5.74) is 1.89. The topological polar surface area (TPSA) is 41.9 Å². The van der Waals surface area contributed by atoms with Gasteiger partial charge in [0.2, 0.25) is 0 Å². The predicted octanol–water partition coefficient (Wildman–Crippen LogP) is 6.79. The number of thioether (sulfide) groups is 1. The number of methoxy groups -OCH3 is 1. The molecule has 0 spiro atoms. The van der Waals surface area contributed by atoms with Gasteiger partial charge in [0.15, 0.2) is 5.17 Å². The van der Waals surface area contributed by atoms with Gasteiger partial charge in [-0.1, -0.05) is 67.8 Å². The van der Waals surface area contributed by atoms with Gasteiger partial charge in [-0.15, -0.1) is 0 Å². The van der Waals surface area contributed by atoms with Crippen LogP contribution in [0.3, 0.4) is 0 Å². The number of rotatable bonds is 4. The van der Waals surface area contributed by atoms with Crippen molar-refractivity contribution in [1.82, 2.24) is 4.90 Å². The number of hydrogen-bond acceptors (Lipinski definition) is 4. The number of carbonyl (C=O) groups excluding carboxylic acids is 1. The minimum absolute atomic E-state index is 0.0662. The van der Waals surface area contributed by atoms with Gasteiger partial charge in [0.1, 0.15) is 5.75 Å². The first kappa shape index (κ1) is 20.8. The summed E-state index contributed by atoms with van der Waals surface area (Å²) < 4.78 is 5.53. The number of fused-ring (bicyclic) bond motifs is 1.